The largest absolute Gasteiger partial charge is 0.697 e. The summed E-state index contributed by atoms with van der Waals surface area (Å²) in [5.41, 5.74) is 9.81. The van der Waals surface area contributed by atoms with Gasteiger partial charge < -0.3 is 11.5 Å². The Balaban J connectivity index is 0. The Bertz CT molecular complexity index is 116. The third kappa shape index (κ3) is 12.7. The van der Waals surface area contributed by atoms with E-state index in [0.717, 1.165) is 12.8 Å². The van der Waals surface area contributed by atoms with Gasteiger partial charge in [-0.25, -0.2) is 0 Å². The van der Waals surface area contributed by atoms with E-state index in [1.165, 1.54) is 0 Å². The van der Waals surface area contributed by atoms with Crippen LogP contribution in [0.15, 0.2) is 0 Å². The van der Waals surface area contributed by atoms with Crippen LogP contribution in [0, 0.1) is 0 Å². The van der Waals surface area contributed by atoms with Crippen molar-refractivity contribution in [2.24, 2.45) is 11.5 Å². The predicted octanol–water partition coefficient (Wildman–Crippen LogP) is -0.00620. The molecule has 7 heteroatoms. The predicted molar refractivity (Wildman–Crippen MR) is 52.6 cm³/mol. The smallest absolute Gasteiger partial charge is 0.329 e. The summed E-state index contributed by atoms with van der Waals surface area (Å²) >= 11 is 0. The van der Waals surface area contributed by atoms with Crippen LogP contribution in [0.1, 0.15) is 12.8 Å². The molecule has 5 nitrogen and oxygen atoms in total. The fourth-order valence-electron chi connectivity index (χ4n) is 0.520. The monoisotopic (exact) mass is 315 g/mol. The Hall–Kier alpha value is 0.739. The van der Waals surface area contributed by atoms with Gasteiger partial charge >= 0.3 is 8.25 Å². The van der Waals surface area contributed by atoms with E-state index in [9.17, 15) is 4.57 Å². The van der Waals surface area contributed by atoms with Gasteiger partial charge in [-0.3, -0.25) is 0 Å². The van der Waals surface area contributed by atoms with E-state index in [4.69, 9.17) is 11.5 Å². The first kappa shape index (κ1) is 16.2. The van der Waals surface area contributed by atoms with E-state index in [2.05, 4.69) is 9.05 Å². The van der Waals surface area contributed by atoms with Gasteiger partial charge in [0.25, 0.3) is 0 Å². The second-order valence-electron chi connectivity index (χ2n) is 2.17. The van der Waals surface area contributed by atoms with Gasteiger partial charge in [0, 0.05) is 41.6 Å². The molecule has 0 unspecified atom stereocenters. The van der Waals surface area contributed by atoms with Crippen molar-refractivity contribution in [2.75, 3.05) is 26.3 Å². The molecular weight excluding hydrogens is 298 g/mol. The average Bonchev–Trinajstić information content (AvgIpc) is 2.33. The SMILES string of the molecule is NCCN.O=[P+]1OCCCCO1.[Sn]. The molecule has 0 atom stereocenters. The molecule has 0 saturated carbocycles. The minimum absolute atomic E-state index is 0. The Morgan fingerprint density at radius 3 is 1.77 bits per heavy atom. The summed E-state index contributed by atoms with van der Waals surface area (Å²) in [6, 6.07) is 0. The summed E-state index contributed by atoms with van der Waals surface area (Å²) in [5.74, 6) is 0. The van der Waals surface area contributed by atoms with Gasteiger partial charge in [-0.2, -0.15) is 0 Å². The fourth-order valence-corrected chi connectivity index (χ4v) is 1.15. The standard InChI is InChI=1S/C4H8O3P.C2H8N2.Sn/c5-8-6-3-1-2-4-7-8;3-1-2-4;/h1-4H2;1-4H2;/q+1;;. The van der Waals surface area contributed by atoms with Crippen molar-refractivity contribution in [3.63, 3.8) is 0 Å². The Morgan fingerprint density at radius 2 is 1.46 bits per heavy atom. The van der Waals surface area contributed by atoms with Crippen molar-refractivity contribution < 1.29 is 13.6 Å². The maximum absolute atomic E-state index is 10.4. The van der Waals surface area contributed by atoms with Crippen molar-refractivity contribution in [2.45, 2.75) is 12.8 Å². The van der Waals surface area contributed by atoms with Crippen molar-refractivity contribution in [1.82, 2.24) is 0 Å². The van der Waals surface area contributed by atoms with Gasteiger partial charge in [-0.05, 0) is 12.8 Å². The third-order valence-corrected chi connectivity index (χ3v) is 1.89. The summed E-state index contributed by atoms with van der Waals surface area (Å²) in [6.07, 6.45) is 1.92. The van der Waals surface area contributed by atoms with Crippen molar-refractivity contribution in [1.29, 1.82) is 0 Å². The molecule has 0 spiro atoms. The molecule has 13 heavy (non-hydrogen) atoms. The molecule has 1 fully saturated rings. The van der Waals surface area contributed by atoms with Crippen molar-refractivity contribution >= 4 is 32.2 Å². The minimum Gasteiger partial charge on any atom is -0.329 e. The molecule has 1 saturated heterocycles. The summed E-state index contributed by atoms with van der Waals surface area (Å²) < 4.78 is 19.8. The molecule has 0 bridgehead atoms. The molecule has 0 aromatic rings. The zero-order valence-corrected chi connectivity index (χ0v) is 11.3. The Labute approximate surface area is 96.4 Å². The van der Waals surface area contributed by atoms with E-state index in [-0.39, 0.29) is 23.9 Å². The molecule has 0 aliphatic carbocycles. The quantitative estimate of drug-likeness (QED) is 0.525. The van der Waals surface area contributed by atoms with Crippen LogP contribution in [0.3, 0.4) is 0 Å². The van der Waals surface area contributed by atoms with Crippen molar-refractivity contribution in [3.05, 3.63) is 0 Å². The normalized spacial score (nSPS) is 16.3. The number of rotatable bonds is 1. The van der Waals surface area contributed by atoms with Crippen molar-refractivity contribution in [3.8, 4) is 0 Å². The van der Waals surface area contributed by atoms with E-state index >= 15 is 0 Å². The molecule has 4 radical (unpaired) electrons. The summed E-state index contributed by atoms with van der Waals surface area (Å²) in [6.45, 7) is 2.35. The van der Waals surface area contributed by atoms with Gasteiger partial charge in [-0.1, -0.05) is 0 Å². The van der Waals surface area contributed by atoms with Gasteiger partial charge in [0.15, 0.2) is 0 Å². The number of hydrogen-bond acceptors (Lipinski definition) is 5. The van der Waals surface area contributed by atoms with Gasteiger partial charge in [-0.15, -0.1) is 9.05 Å². The van der Waals surface area contributed by atoms with E-state index in [1.54, 1.807) is 0 Å². The van der Waals surface area contributed by atoms with Gasteiger partial charge in [0.1, 0.15) is 13.2 Å². The maximum Gasteiger partial charge on any atom is 0.697 e. The third-order valence-electron chi connectivity index (χ3n) is 1.10. The number of hydrogen-bond donors (Lipinski definition) is 2. The van der Waals surface area contributed by atoms with E-state index in [1.807, 2.05) is 0 Å². The number of nitrogens with two attached hydrogens (primary N) is 2. The molecule has 1 aliphatic rings. The summed E-state index contributed by atoms with van der Waals surface area (Å²) in [7, 11) is -1.77. The van der Waals surface area contributed by atoms with Crippen LogP contribution in [-0.2, 0) is 13.6 Å². The molecule has 0 aromatic heterocycles. The molecule has 1 aliphatic heterocycles. The van der Waals surface area contributed by atoms with Gasteiger partial charge in [0.2, 0.25) is 0 Å². The first-order valence-corrected chi connectivity index (χ1v) is 5.04. The first-order chi connectivity index (χ1) is 5.81. The fraction of sp³-hybridized carbons (Fsp3) is 1.00. The van der Waals surface area contributed by atoms with E-state index < -0.39 is 8.25 Å². The summed E-state index contributed by atoms with van der Waals surface area (Å²) in [5, 5.41) is 0. The van der Waals surface area contributed by atoms with Crippen LogP contribution in [0.5, 0.6) is 0 Å². The first-order valence-electron chi connectivity index (χ1n) is 3.94. The topological polar surface area (TPSA) is 87.6 Å². The minimum atomic E-state index is -1.77. The molecule has 76 valence electrons. The molecule has 0 aromatic carbocycles. The molecule has 4 N–H and O–H groups in total. The second kappa shape index (κ2) is 12.7. The van der Waals surface area contributed by atoms with Crippen LogP contribution in [0.25, 0.3) is 0 Å². The van der Waals surface area contributed by atoms with Crippen LogP contribution < -0.4 is 11.5 Å². The van der Waals surface area contributed by atoms with Gasteiger partial charge in [0.05, 0.1) is 0 Å². The van der Waals surface area contributed by atoms with Crippen LogP contribution in [0.2, 0.25) is 0 Å². The molecule has 0 amide bonds. The van der Waals surface area contributed by atoms with E-state index in [0.29, 0.717) is 26.3 Å². The van der Waals surface area contributed by atoms with Crippen LogP contribution in [0.4, 0.5) is 0 Å². The molecule has 1 heterocycles. The maximum atomic E-state index is 10.4. The van der Waals surface area contributed by atoms with Crippen LogP contribution >= 0.6 is 8.25 Å². The zero-order chi connectivity index (χ0) is 9.23. The Morgan fingerprint density at radius 1 is 1.08 bits per heavy atom. The Kier molecular flexibility index (Phi) is 15.9. The molecular formula is C6H16N2O3PSn+. The zero-order valence-electron chi connectivity index (χ0n) is 7.57. The summed E-state index contributed by atoms with van der Waals surface area (Å²) in [4.78, 5) is 0. The molecule has 1 rings (SSSR count). The second-order valence-corrected chi connectivity index (χ2v) is 3.14. The van der Waals surface area contributed by atoms with Crippen LogP contribution in [-0.4, -0.2) is 50.2 Å². The average molecular weight is 314 g/mol.